The Labute approximate surface area is 97.8 Å². The molecule has 0 N–H and O–H groups in total. The highest BCUT2D eigenvalue weighted by Crippen LogP contribution is 2.13. The van der Waals surface area contributed by atoms with Gasteiger partial charge in [-0.15, -0.1) is 0 Å². The van der Waals surface area contributed by atoms with Crippen molar-refractivity contribution in [3.63, 3.8) is 0 Å². The zero-order chi connectivity index (χ0) is 11.5. The Morgan fingerprint density at radius 2 is 1.82 bits per heavy atom. The molecule has 3 aromatic rings. The maximum absolute atomic E-state index is 4.41. The number of pyridine rings is 1. The SMILES string of the molecule is c1ccc(-c2ccnc(-n3cccn3)n2)nc1. The second-order valence-corrected chi connectivity index (χ2v) is 3.41. The van der Waals surface area contributed by atoms with Crippen LogP contribution in [0.25, 0.3) is 17.3 Å². The molecule has 3 rings (SSSR count). The van der Waals surface area contributed by atoms with Crippen LogP contribution in [0.15, 0.2) is 55.1 Å². The van der Waals surface area contributed by atoms with Gasteiger partial charge in [0.25, 0.3) is 5.95 Å². The van der Waals surface area contributed by atoms with Crippen LogP contribution >= 0.6 is 0 Å². The summed E-state index contributed by atoms with van der Waals surface area (Å²) in [7, 11) is 0. The van der Waals surface area contributed by atoms with Crippen LogP contribution in [0, 0.1) is 0 Å². The van der Waals surface area contributed by atoms with Crippen molar-refractivity contribution in [2.45, 2.75) is 0 Å². The van der Waals surface area contributed by atoms with Gasteiger partial charge in [0.1, 0.15) is 0 Å². The lowest BCUT2D eigenvalue weighted by atomic mass is 10.3. The van der Waals surface area contributed by atoms with Crippen molar-refractivity contribution < 1.29 is 0 Å². The van der Waals surface area contributed by atoms with E-state index >= 15 is 0 Å². The first-order valence-corrected chi connectivity index (χ1v) is 5.18. The van der Waals surface area contributed by atoms with Gasteiger partial charge in [0.05, 0.1) is 11.4 Å². The first-order chi connectivity index (χ1) is 8.43. The van der Waals surface area contributed by atoms with Crippen molar-refractivity contribution in [1.29, 1.82) is 0 Å². The third-order valence-electron chi connectivity index (χ3n) is 2.28. The smallest absolute Gasteiger partial charge is 0.251 e. The minimum atomic E-state index is 0.540. The molecule has 5 nitrogen and oxygen atoms in total. The van der Waals surface area contributed by atoms with Crippen LogP contribution in [0.1, 0.15) is 0 Å². The Morgan fingerprint density at radius 1 is 0.824 bits per heavy atom. The summed E-state index contributed by atoms with van der Waals surface area (Å²) >= 11 is 0. The summed E-state index contributed by atoms with van der Waals surface area (Å²) in [6.45, 7) is 0. The minimum absolute atomic E-state index is 0.540. The van der Waals surface area contributed by atoms with Crippen molar-refractivity contribution in [1.82, 2.24) is 24.7 Å². The van der Waals surface area contributed by atoms with Gasteiger partial charge in [0, 0.05) is 24.8 Å². The van der Waals surface area contributed by atoms with Crippen LogP contribution in [-0.4, -0.2) is 24.7 Å². The summed E-state index contributed by atoms with van der Waals surface area (Å²) < 4.78 is 1.62. The largest absolute Gasteiger partial charge is 0.255 e. The molecule has 5 heteroatoms. The fourth-order valence-corrected chi connectivity index (χ4v) is 1.50. The summed E-state index contributed by atoms with van der Waals surface area (Å²) in [5.74, 6) is 0.540. The Hall–Kier alpha value is -2.56. The molecular formula is C12H9N5. The molecular weight excluding hydrogens is 214 g/mol. The van der Waals surface area contributed by atoms with E-state index in [1.54, 1.807) is 29.5 Å². The first-order valence-electron chi connectivity index (χ1n) is 5.18. The lowest BCUT2D eigenvalue weighted by Crippen LogP contribution is -2.02. The van der Waals surface area contributed by atoms with Gasteiger partial charge in [-0.2, -0.15) is 5.10 Å². The maximum Gasteiger partial charge on any atom is 0.251 e. The van der Waals surface area contributed by atoms with Crippen molar-refractivity contribution >= 4 is 0 Å². The molecule has 3 aromatic heterocycles. The minimum Gasteiger partial charge on any atom is -0.255 e. The van der Waals surface area contributed by atoms with E-state index in [-0.39, 0.29) is 0 Å². The molecule has 0 atom stereocenters. The van der Waals surface area contributed by atoms with E-state index in [9.17, 15) is 0 Å². The zero-order valence-electron chi connectivity index (χ0n) is 8.93. The fraction of sp³-hybridized carbons (Fsp3) is 0. The second kappa shape index (κ2) is 4.13. The van der Waals surface area contributed by atoms with Gasteiger partial charge < -0.3 is 0 Å². The van der Waals surface area contributed by atoms with E-state index in [4.69, 9.17) is 0 Å². The Bertz CT molecular complexity index is 604. The van der Waals surface area contributed by atoms with E-state index in [1.807, 2.05) is 30.3 Å². The van der Waals surface area contributed by atoms with E-state index in [1.165, 1.54) is 0 Å². The molecule has 0 spiro atoms. The Kier molecular flexibility index (Phi) is 2.34. The van der Waals surface area contributed by atoms with Crippen LogP contribution in [-0.2, 0) is 0 Å². The van der Waals surface area contributed by atoms with Gasteiger partial charge in [-0.1, -0.05) is 6.07 Å². The average Bonchev–Trinajstić information content (AvgIpc) is 2.94. The molecule has 0 saturated carbocycles. The molecule has 0 aliphatic carbocycles. The molecule has 0 unspecified atom stereocenters. The summed E-state index contributed by atoms with van der Waals surface area (Å²) in [6.07, 6.45) is 6.94. The van der Waals surface area contributed by atoms with E-state index in [2.05, 4.69) is 20.1 Å². The van der Waals surface area contributed by atoms with Crippen LogP contribution in [0.2, 0.25) is 0 Å². The monoisotopic (exact) mass is 223 g/mol. The molecule has 0 radical (unpaired) electrons. The zero-order valence-corrected chi connectivity index (χ0v) is 8.93. The van der Waals surface area contributed by atoms with Crippen molar-refractivity contribution in [2.24, 2.45) is 0 Å². The molecule has 3 heterocycles. The molecule has 0 bridgehead atoms. The highest BCUT2D eigenvalue weighted by Gasteiger charge is 2.04. The lowest BCUT2D eigenvalue weighted by Gasteiger charge is -2.02. The predicted molar refractivity (Wildman–Crippen MR) is 62.4 cm³/mol. The third-order valence-corrected chi connectivity index (χ3v) is 2.28. The molecule has 0 aliphatic rings. The van der Waals surface area contributed by atoms with E-state index in [0.29, 0.717) is 5.95 Å². The molecule has 0 amide bonds. The van der Waals surface area contributed by atoms with Crippen LogP contribution in [0.5, 0.6) is 0 Å². The number of nitrogens with zero attached hydrogens (tertiary/aromatic N) is 5. The first kappa shape index (κ1) is 9.65. The van der Waals surface area contributed by atoms with E-state index in [0.717, 1.165) is 11.4 Å². The Balaban J connectivity index is 2.06. The van der Waals surface area contributed by atoms with Gasteiger partial charge in [-0.25, -0.2) is 14.6 Å². The van der Waals surface area contributed by atoms with Crippen LogP contribution in [0.4, 0.5) is 0 Å². The maximum atomic E-state index is 4.41. The molecule has 0 aromatic carbocycles. The summed E-state index contributed by atoms with van der Waals surface area (Å²) in [6, 6.07) is 9.37. The van der Waals surface area contributed by atoms with Gasteiger partial charge in [-0.3, -0.25) is 4.98 Å². The van der Waals surface area contributed by atoms with Crippen molar-refractivity contribution in [3.8, 4) is 17.3 Å². The van der Waals surface area contributed by atoms with E-state index < -0.39 is 0 Å². The number of hydrogen-bond acceptors (Lipinski definition) is 4. The molecule has 0 fully saturated rings. The van der Waals surface area contributed by atoms with Gasteiger partial charge in [0.2, 0.25) is 0 Å². The highest BCUT2D eigenvalue weighted by atomic mass is 15.3. The predicted octanol–water partition coefficient (Wildman–Crippen LogP) is 1.72. The average molecular weight is 223 g/mol. The highest BCUT2D eigenvalue weighted by molar-refractivity contribution is 5.53. The van der Waals surface area contributed by atoms with Crippen molar-refractivity contribution in [2.75, 3.05) is 0 Å². The second-order valence-electron chi connectivity index (χ2n) is 3.41. The molecule has 0 saturated heterocycles. The Morgan fingerprint density at radius 3 is 2.59 bits per heavy atom. The summed E-state index contributed by atoms with van der Waals surface area (Å²) in [5.41, 5.74) is 1.61. The normalized spacial score (nSPS) is 10.4. The number of rotatable bonds is 2. The topological polar surface area (TPSA) is 56.5 Å². The molecule has 82 valence electrons. The number of aromatic nitrogens is 5. The van der Waals surface area contributed by atoms with Gasteiger partial charge in [-0.05, 0) is 24.3 Å². The quantitative estimate of drug-likeness (QED) is 0.663. The standard InChI is InChI=1S/C12H9N5/c1-2-6-13-10(4-1)11-5-8-14-12(16-11)17-9-3-7-15-17/h1-9H. The van der Waals surface area contributed by atoms with Gasteiger partial charge >= 0.3 is 0 Å². The van der Waals surface area contributed by atoms with Gasteiger partial charge in [0.15, 0.2) is 0 Å². The molecule has 0 aliphatic heterocycles. The lowest BCUT2D eigenvalue weighted by molar-refractivity contribution is 0.809. The summed E-state index contributed by atoms with van der Waals surface area (Å²) in [4.78, 5) is 12.8. The van der Waals surface area contributed by atoms with Crippen molar-refractivity contribution in [3.05, 3.63) is 55.1 Å². The molecule has 17 heavy (non-hydrogen) atoms. The number of hydrogen-bond donors (Lipinski definition) is 0. The fourth-order valence-electron chi connectivity index (χ4n) is 1.50. The van der Waals surface area contributed by atoms with Crippen LogP contribution in [0.3, 0.4) is 0 Å². The van der Waals surface area contributed by atoms with Crippen LogP contribution < -0.4 is 0 Å². The third kappa shape index (κ3) is 1.90. The summed E-state index contributed by atoms with van der Waals surface area (Å²) in [5, 5.41) is 4.09.